The van der Waals surface area contributed by atoms with Crippen LogP contribution >= 0.6 is 25.3 Å². The highest BCUT2D eigenvalue weighted by molar-refractivity contribution is 7.81. The normalized spacial score (nSPS) is 13.7. The average molecular weight is 308 g/mol. The number of carbonyl (C=O) groups excluding carboxylic acids is 2. The third-order valence-corrected chi connectivity index (χ3v) is 2.60. The van der Waals surface area contributed by atoms with Gasteiger partial charge >= 0.3 is 11.9 Å². The number of carbonyl (C=O) groups is 2. The van der Waals surface area contributed by atoms with Crippen LogP contribution in [0.4, 0.5) is 0 Å². The molecule has 2 atom stereocenters. The van der Waals surface area contributed by atoms with E-state index in [0.717, 1.165) is 19.3 Å². The lowest BCUT2D eigenvalue weighted by Gasteiger charge is -2.07. The summed E-state index contributed by atoms with van der Waals surface area (Å²) in [5, 5.41) is 0.0577. The van der Waals surface area contributed by atoms with E-state index in [1.54, 1.807) is 0 Å². The molecule has 0 saturated heterocycles. The van der Waals surface area contributed by atoms with Crippen molar-refractivity contribution >= 4 is 37.2 Å². The topological polar surface area (TPSA) is 52.6 Å². The fourth-order valence-corrected chi connectivity index (χ4v) is 1.65. The molecule has 2 unspecified atom stereocenters. The smallest absolute Gasteiger partial charge is 0.306 e. The Morgan fingerprint density at radius 1 is 0.842 bits per heavy atom. The summed E-state index contributed by atoms with van der Waals surface area (Å²) in [6.45, 7) is 4.54. The Kier molecular flexibility index (Phi) is 11.2. The van der Waals surface area contributed by atoms with Crippen molar-refractivity contribution in [2.24, 2.45) is 0 Å². The Morgan fingerprint density at radius 3 is 1.53 bits per heavy atom. The van der Waals surface area contributed by atoms with Gasteiger partial charge in [-0.15, -0.1) is 0 Å². The maximum Gasteiger partial charge on any atom is 0.306 e. The fraction of sp³-hybridized carbons (Fsp3) is 0.846. The van der Waals surface area contributed by atoms with Crippen LogP contribution in [0.15, 0.2) is 0 Å². The van der Waals surface area contributed by atoms with E-state index in [-0.39, 0.29) is 22.4 Å². The Bertz CT molecular complexity index is 241. The summed E-state index contributed by atoms with van der Waals surface area (Å²) in [5.74, 6) is -0.423. The van der Waals surface area contributed by atoms with Crippen molar-refractivity contribution in [3.63, 3.8) is 0 Å². The standard InChI is InChI=1S/C13H24O4S2/c1-10(18)8-12(14)16-6-4-3-5-7-17-13(15)9-11(2)19/h10-11,18-19H,3-9H2,1-2H3. The highest BCUT2D eigenvalue weighted by atomic mass is 32.1. The first kappa shape index (κ1) is 18.6. The van der Waals surface area contributed by atoms with E-state index >= 15 is 0 Å². The molecule has 0 N–H and O–H groups in total. The lowest BCUT2D eigenvalue weighted by molar-refractivity contribution is -0.143. The van der Waals surface area contributed by atoms with Gasteiger partial charge in [0.1, 0.15) is 0 Å². The predicted octanol–water partition coefficient (Wildman–Crippen LogP) is 2.66. The van der Waals surface area contributed by atoms with Crippen molar-refractivity contribution in [1.29, 1.82) is 0 Å². The zero-order chi connectivity index (χ0) is 14.7. The van der Waals surface area contributed by atoms with Crippen molar-refractivity contribution in [2.75, 3.05) is 13.2 Å². The second-order valence-electron chi connectivity index (χ2n) is 4.61. The van der Waals surface area contributed by atoms with Gasteiger partial charge in [-0.2, -0.15) is 25.3 Å². The first-order chi connectivity index (χ1) is 8.91. The molecule has 0 heterocycles. The molecule has 0 fully saturated rings. The second-order valence-corrected chi connectivity index (χ2v) is 6.37. The quantitative estimate of drug-likeness (QED) is 0.370. The number of hydrogen-bond acceptors (Lipinski definition) is 6. The second kappa shape index (κ2) is 11.5. The lowest BCUT2D eigenvalue weighted by atomic mass is 10.2. The minimum absolute atomic E-state index is 0.0288. The van der Waals surface area contributed by atoms with E-state index in [1.807, 2.05) is 13.8 Å². The van der Waals surface area contributed by atoms with Gasteiger partial charge in [0.2, 0.25) is 0 Å². The van der Waals surface area contributed by atoms with Crippen LogP contribution in [0.5, 0.6) is 0 Å². The van der Waals surface area contributed by atoms with Gasteiger partial charge in [-0.1, -0.05) is 13.8 Å². The third kappa shape index (κ3) is 13.9. The zero-order valence-corrected chi connectivity index (χ0v) is 13.4. The van der Waals surface area contributed by atoms with Crippen LogP contribution in [-0.4, -0.2) is 35.7 Å². The van der Waals surface area contributed by atoms with Gasteiger partial charge in [-0.25, -0.2) is 0 Å². The largest absolute Gasteiger partial charge is 0.466 e. The molecule has 0 aliphatic carbocycles. The van der Waals surface area contributed by atoms with Crippen LogP contribution in [-0.2, 0) is 19.1 Å². The van der Waals surface area contributed by atoms with Gasteiger partial charge in [-0.3, -0.25) is 9.59 Å². The Hall–Kier alpha value is -0.360. The first-order valence-corrected chi connectivity index (χ1v) is 7.62. The molecule has 0 aromatic carbocycles. The molecule has 0 aliphatic rings. The minimum Gasteiger partial charge on any atom is -0.466 e. The molecular weight excluding hydrogens is 284 g/mol. The lowest BCUT2D eigenvalue weighted by Crippen LogP contribution is -2.11. The maximum absolute atomic E-state index is 11.2. The molecule has 0 rings (SSSR count). The Morgan fingerprint density at radius 2 is 1.21 bits per heavy atom. The summed E-state index contributed by atoms with van der Waals surface area (Å²) < 4.78 is 10.1. The summed E-state index contributed by atoms with van der Waals surface area (Å²) in [5.41, 5.74) is 0. The van der Waals surface area contributed by atoms with Crippen molar-refractivity contribution in [2.45, 2.75) is 56.5 Å². The van der Waals surface area contributed by atoms with Crippen LogP contribution in [0.3, 0.4) is 0 Å². The summed E-state index contributed by atoms with van der Waals surface area (Å²) in [6, 6.07) is 0. The van der Waals surface area contributed by atoms with E-state index in [2.05, 4.69) is 25.3 Å². The van der Waals surface area contributed by atoms with E-state index in [0.29, 0.717) is 26.1 Å². The molecule has 0 aromatic rings. The van der Waals surface area contributed by atoms with Crippen LogP contribution in [0.1, 0.15) is 46.0 Å². The number of rotatable bonds is 10. The van der Waals surface area contributed by atoms with E-state index in [1.165, 1.54) is 0 Å². The van der Waals surface area contributed by atoms with Crippen molar-refractivity contribution in [3.8, 4) is 0 Å². The van der Waals surface area contributed by atoms with Crippen LogP contribution in [0, 0.1) is 0 Å². The molecule has 6 heteroatoms. The van der Waals surface area contributed by atoms with Gasteiger partial charge in [0, 0.05) is 10.5 Å². The molecule has 0 aromatic heterocycles. The molecule has 0 radical (unpaired) electrons. The number of esters is 2. The summed E-state index contributed by atoms with van der Waals surface area (Å²) in [7, 11) is 0. The SMILES string of the molecule is CC(S)CC(=O)OCCCCCOC(=O)CC(C)S. The van der Waals surface area contributed by atoms with Crippen molar-refractivity contribution in [1.82, 2.24) is 0 Å². The number of unbranched alkanes of at least 4 members (excludes halogenated alkanes) is 2. The summed E-state index contributed by atoms with van der Waals surface area (Å²) >= 11 is 8.23. The third-order valence-electron chi connectivity index (χ3n) is 2.24. The van der Waals surface area contributed by atoms with E-state index in [4.69, 9.17) is 9.47 Å². The monoisotopic (exact) mass is 308 g/mol. The van der Waals surface area contributed by atoms with Crippen molar-refractivity contribution < 1.29 is 19.1 Å². The predicted molar refractivity (Wildman–Crippen MR) is 81.9 cm³/mol. The minimum atomic E-state index is -0.211. The summed E-state index contributed by atoms with van der Waals surface area (Å²) in [4.78, 5) is 22.4. The summed E-state index contributed by atoms with van der Waals surface area (Å²) in [6.07, 6.45) is 3.11. The number of hydrogen-bond donors (Lipinski definition) is 2. The first-order valence-electron chi connectivity index (χ1n) is 6.59. The molecule has 19 heavy (non-hydrogen) atoms. The molecule has 112 valence electrons. The molecule has 4 nitrogen and oxygen atoms in total. The fourth-order valence-electron chi connectivity index (χ4n) is 1.35. The molecule has 0 spiro atoms. The van der Waals surface area contributed by atoms with E-state index < -0.39 is 0 Å². The average Bonchev–Trinajstić information content (AvgIpc) is 2.25. The van der Waals surface area contributed by atoms with Gasteiger partial charge in [-0.05, 0) is 19.3 Å². The Labute approximate surface area is 126 Å². The molecule has 0 aliphatic heterocycles. The Balaban J connectivity index is 3.32. The van der Waals surface area contributed by atoms with Gasteiger partial charge < -0.3 is 9.47 Å². The molecule has 0 saturated carbocycles. The van der Waals surface area contributed by atoms with Crippen LogP contribution < -0.4 is 0 Å². The number of ether oxygens (including phenoxy) is 2. The van der Waals surface area contributed by atoms with Crippen molar-refractivity contribution in [3.05, 3.63) is 0 Å². The van der Waals surface area contributed by atoms with Gasteiger partial charge in [0.25, 0.3) is 0 Å². The van der Waals surface area contributed by atoms with Gasteiger partial charge in [0.15, 0.2) is 0 Å². The molecule has 0 bridgehead atoms. The molecular formula is C13H24O4S2. The van der Waals surface area contributed by atoms with E-state index in [9.17, 15) is 9.59 Å². The van der Waals surface area contributed by atoms with Crippen LogP contribution in [0.2, 0.25) is 0 Å². The van der Waals surface area contributed by atoms with Gasteiger partial charge in [0.05, 0.1) is 26.1 Å². The maximum atomic E-state index is 11.2. The number of thiol groups is 2. The zero-order valence-electron chi connectivity index (χ0n) is 11.6. The molecule has 0 amide bonds. The highest BCUT2D eigenvalue weighted by Crippen LogP contribution is 2.04. The highest BCUT2D eigenvalue weighted by Gasteiger charge is 2.07. The van der Waals surface area contributed by atoms with Crippen LogP contribution in [0.25, 0.3) is 0 Å².